The predicted octanol–water partition coefficient (Wildman–Crippen LogP) is 4.76. The van der Waals surface area contributed by atoms with E-state index in [4.69, 9.17) is 4.98 Å². The molecule has 0 radical (unpaired) electrons. The van der Waals surface area contributed by atoms with E-state index in [1.54, 1.807) is 12.4 Å². The molecule has 21 heavy (non-hydrogen) atoms. The highest BCUT2D eigenvalue weighted by atomic mass is 79.9. The number of aromatic nitrogens is 3. The van der Waals surface area contributed by atoms with Crippen molar-refractivity contribution in [1.82, 2.24) is 15.0 Å². The van der Waals surface area contributed by atoms with Crippen LogP contribution in [0, 0.1) is 0 Å². The lowest BCUT2D eigenvalue weighted by Gasteiger charge is -2.15. The average molecular weight is 412 g/mol. The molecule has 1 N–H and O–H groups in total. The van der Waals surface area contributed by atoms with E-state index in [0.717, 1.165) is 31.8 Å². The van der Waals surface area contributed by atoms with Crippen molar-refractivity contribution in [1.29, 1.82) is 0 Å². The van der Waals surface area contributed by atoms with Gasteiger partial charge in [-0.05, 0) is 50.8 Å². The van der Waals surface area contributed by atoms with Crippen molar-refractivity contribution in [3.8, 4) is 11.4 Å². The maximum atomic E-state index is 4.82. The number of hydrogen-bond donors (Lipinski definition) is 1. The maximum Gasteiger partial charge on any atom is 0.163 e. The minimum absolute atomic E-state index is 0.522. The summed E-state index contributed by atoms with van der Waals surface area (Å²) in [5.41, 5.74) is 2.04. The Morgan fingerprint density at radius 1 is 1.14 bits per heavy atom. The quantitative estimate of drug-likeness (QED) is 0.790. The molecule has 0 bridgehead atoms. The van der Waals surface area contributed by atoms with Crippen molar-refractivity contribution < 1.29 is 0 Å². The molecule has 0 aromatic carbocycles. The van der Waals surface area contributed by atoms with Crippen LogP contribution in [-0.2, 0) is 0 Å². The van der Waals surface area contributed by atoms with Crippen LogP contribution in [0.3, 0.4) is 0 Å². The summed E-state index contributed by atoms with van der Waals surface area (Å²) in [5, 5.41) is 3.15. The normalized spacial score (nSPS) is 15.4. The van der Waals surface area contributed by atoms with E-state index in [1.807, 2.05) is 13.1 Å². The number of nitrogens with one attached hydrogen (secondary N) is 1. The first-order chi connectivity index (χ1) is 10.2. The Hall–Kier alpha value is -1.01. The first-order valence-corrected chi connectivity index (χ1v) is 8.63. The zero-order valence-corrected chi connectivity index (χ0v) is 14.9. The minimum Gasteiger partial charge on any atom is -0.372 e. The summed E-state index contributed by atoms with van der Waals surface area (Å²) < 4.78 is 1.92. The SMILES string of the molecule is CNc1nc(-c2cncc(Br)c2)nc(C2CCCC2)c1Br. The highest BCUT2D eigenvalue weighted by molar-refractivity contribution is 9.11. The second kappa shape index (κ2) is 6.40. The molecule has 0 unspecified atom stereocenters. The summed E-state index contributed by atoms with van der Waals surface area (Å²) in [7, 11) is 1.88. The smallest absolute Gasteiger partial charge is 0.163 e. The molecule has 6 heteroatoms. The standard InChI is InChI=1S/C15H16Br2N4/c1-18-15-12(17)13(9-4-2-3-5-9)20-14(21-15)10-6-11(16)8-19-7-10/h6-9H,2-5H2,1H3,(H,18,20,21). The van der Waals surface area contributed by atoms with Crippen LogP contribution in [-0.4, -0.2) is 22.0 Å². The summed E-state index contributed by atoms with van der Waals surface area (Å²) >= 11 is 7.11. The van der Waals surface area contributed by atoms with Gasteiger partial charge < -0.3 is 5.32 Å². The molecule has 2 heterocycles. The van der Waals surface area contributed by atoms with Crippen LogP contribution in [0.5, 0.6) is 0 Å². The minimum atomic E-state index is 0.522. The molecule has 2 aromatic heterocycles. The summed E-state index contributed by atoms with van der Waals surface area (Å²) in [5.74, 6) is 2.08. The summed E-state index contributed by atoms with van der Waals surface area (Å²) in [6.07, 6.45) is 8.53. The zero-order valence-electron chi connectivity index (χ0n) is 11.7. The fourth-order valence-electron chi connectivity index (χ4n) is 2.76. The third kappa shape index (κ3) is 3.11. The highest BCUT2D eigenvalue weighted by Gasteiger charge is 2.24. The Balaban J connectivity index is 2.10. The Morgan fingerprint density at radius 3 is 2.57 bits per heavy atom. The lowest BCUT2D eigenvalue weighted by Crippen LogP contribution is -2.06. The molecule has 3 rings (SSSR count). The van der Waals surface area contributed by atoms with Crippen molar-refractivity contribution in [2.45, 2.75) is 31.6 Å². The third-order valence-corrected chi connectivity index (χ3v) is 5.03. The van der Waals surface area contributed by atoms with Gasteiger partial charge in [-0.2, -0.15) is 0 Å². The van der Waals surface area contributed by atoms with Crippen LogP contribution < -0.4 is 5.32 Å². The van der Waals surface area contributed by atoms with E-state index in [2.05, 4.69) is 47.1 Å². The number of pyridine rings is 1. The fourth-order valence-corrected chi connectivity index (χ4v) is 3.83. The molecule has 1 saturated carbocycles. The fraction of sp³-hybridized carbons (Fsp3) is 0.400. The number of hydrogen-bond acceptors (Lipinski definition) is 4. The lowest BCUT2D eigenvalue weighted by molar-refractivity contribution is 0.691. The van der Waals surface area contributed by atoms with Gasteiger partial charge in [0.15, 0.2) is 5.82 Å². The summed E-state index contributed by atoms with van der Waals surface area (Å²) in [6, 6.07) is 1.99. The predicted molar refractivity (Wildman–Crippen MR) is 91.4 cm³/mol. The molecule has 0 saturated heterocycles. The Morgan fingerprint density at radius 2 is 1.90 bits per heavy atom. The van der Waals surface area contributed by atoms with Gasteiger partial charge in [0.2, 0.25) is 0 Å². The van der Waals surface area contributed by atoms with Crippen LogP contribution in [0.2, 0.25) is 0 Å². The van der Waals surface area contributed by atoms with Crippen LogP contribution in [0.1, 0.15) is 37.3 Å². The molecule has 2 aromatic rings. The molecule has 0 atom stereocenters. The topological polar surface area (TPSA) is 50.7 Å². The van der Waals surface area contributed by atoms with Crippen LogP contribution in [0.25, 0.3) is 11.4 Å². The van der Waals surface area contributed by atoms with Gasteiger partial charge in [0.05, 0.1) is 10.2 Å². The van der Waals surface area contributed by atoms with Crippen molar-refractivity contribution in [3.05, 3.63) is 33.1 Å². The largest absolute Gasteiger partial charge is 0.372 e. The van der Waals surface area contributed by atoms with Gasteiger partial charge >= 0.3 is 0 Å². The van der Waals surface area contributed by atoms with Gasteiger partial charge in [0.25, 0.3) is 0 Å². The average Bonchev–Trinajstić information content (AvgIpc) is 3.01. The van der Waals surface area contributed by atoms with E-state index in [9.17, 15) is 0 Å². The highest BCUT2D eigenvalue weighted by Crippen LogP contribution is 2.39. The lowest BCUT2D eigenvalue weighted by atomic mass is 10.0. The molecule has 0 spiro atoms. The molecule has 110 valence electrons. The second-order valence-corrected chi connectivity index (χ2v) is 6.93. The van der Waals surface area contributed by atoms with E-state index in [1.165, 1.54) is 25.7 Å². The Labute approximate surface area is 141 Å². The Kier molecular flexibility index (Phi) is 4.54. The van der Waals surface area contributed by atoms with Crippen LogP contribution in [0.15, 0.2) is 27.4 Å². The van der Waals surface area contributed by atoms with Crippen molar-refractivity contribution in [3.63, 3.8) is 0 Å². The van der Waals surface area contributed by atoms with Gasteiger partial charge in [-0.1, -0.05) is 12.8 Å². The third-order valence-electron chi connectivity index (χ3n) is 3.82. The molecule has 1 fully saturated rings. The monoisotopic (exact) mass is 410 g/mol. The number of nitrogens with zero attached hydrogens (tertiary/aromatic N) is 3. The number of halogens is 2. The van der Waals surface area contributed by atoms with Gasteiger partial charge in [-0.3, -0.25) is 4.98 Å². The summed E-state index contributed by atoms with van der Waals surface area (Å²) in [6.45, 7) is 0. The molecule has 1 aliphatic rings. The van der Waals surface area contributed by atoms with Gasteiger partial charge in [0, 0.05) is 35.4 Å². The molecule has 1 aliphatic carbocycles. The second-order valence-electron chi connectivity index (χ2n) is 5.22. The first-order valence-electron chi connectivity index (χ1n) is 7.05. The van der Waals surface area contributed by atoms with Crippen molar-refractivity contribution in [2.24, 2.45) is 0 Å². The van der Waals surface area contributed by atoms with Gasteiger partial charge in [-0.25, -0.2) is 9.97 Å². The molecule has 0 amide bonds. The Bertz CT molecular complexity index is 654. The van der Waals surface area contributed by atoms with Gasteiger partial charge in [-0.15, -0.1) is 0 Å². The zero-order chi connectivity index (χ0) is 14.8. The molecular weight excluding hydrogens is 396 g/mol. The van der Waals surface area contributed by atoms with E-state index >= 15 is 0 Å². The number of rotatable bonds is 3. The van der Waals surface area contributed by atoms with Crippen LogP contribution in [0.4, 0.5) is 5.82 Å². The molecule has 0 aliphatic heterocycles. The molecular formula is C15H16Br2N4. The van der Waals surface area contributed by atoms with Crippen molar-refractivity contribution in [2.75, 3.05) is 12.4 Å². The van der Waals surface area contributed by atoms with Gasteiger partial charge in [0.1, 0.15) is 5.82 Å². The van der Waals surface area contributed by atoms with E-state index in [0.29, 0.717) is 5.92 Å². The van der Waals surface area contributed by atoms with Crippen molar-refractivity contribution >= 4 is 37.7 Å². The van der Waals surface area contributed by atoms with Crippen LogP contribution >= 0.6 is 31.9 Å². The number of anilines is 1. The van der Waals surface area contributed by atoms with E-state index < -0.39 is 0 Å². The first kappa shape index (κ1) is 14.9. The molecule has 4 nitrogen and oxygen atoms in total. The van der Waals surface area contributed by atoms with E-state index in [-0.39, 0.29) is 0 Å². The summed E-state index contributed by atoms with van der Waals surface area (Å²) in [4.78, 5) is 13.6. The maximum absolute atomic E-state index is 4.82.